The summed E-state index contributed by atoms with van der Waals surface area (Å²) in [5.74, 6) is -1.06. The molecule has 17 heavy (non-hydrogen) atoms. The second kappa shape index (κ2) is 4.67. The molecule has 1 radical (unpaired) electrons. The molecule has 0 aliphatic carbocycles. The Morgan fingerprint density at radius 2 is 2.06 bits per heavy atom. The summed E-state index contributed by atoms with van der Waals surface area (Å²) in [5, 5.41) is 9.56. The monoisotopic (exact) mass is 246 g/mol. The Morgan fingerprint density at radius 3 is 2.59 bits per heavy atom. The molecular formula is C13H12NO2S. The van der Waals surface area contributed by atoms with Gasteiger partial charge in [-0.3, -0.25) is 0 Å². The second-order valence-corrected chi connectivity index (χ2v) is 4.89. The standard InChI is InChI=1S/C13H12NO2S/c1-8-3-5-10(6-4-8)9(2)12-14-7-11(17-12)13(15)16/h3-7,9H,2H2,1H3,(H,15,16). The molecule has 87 valence electrons. The highest BCUT2D eigenvalue weighted by atomic mass is 32.1. The van der Waals surface area contributed by atoms with Crippen LogP contribution in [0.2, 0.25) is 0 Å². The van der Waals surface area contributed by atoms with Crippen LogP contribution in [-0.4, -0.2) is 16.1 Å². The van der Waals surface area contributed by atoms with Gasteiger partial charge < -0.3 is 5.11 Å². The summed E-state index contributed by atoms with van der Waals surface area (Å²) >= 11 is 1.17. The van der Waals surface area contributed by atoms with Crippen molar-refractivity contribution in [1.29, 1.82) is 0 Å². The maximum Gasteiger partial charge on any atom is 0.347 e. The number of aromatic carboxylic acids is 1. The number of nitrogens with zero attached hydrogens (tertiary/aromatic N) is 1. The summed E-state index contributed by atoms with van der Waals surface area (Å²) in [6.45, 7) is 6.06. The average Bonchev–Trinajstić information content (AvgIpc) is 2.78. The van der Waals surface area contributed by atoms with Crippen molar-refractivity contribution < 1.29 is 9.90 Å². The zero-order valence-electron chi connectivity index (χ0n) is 9.38. The number of carbonyl (C=O) groups is 1. The van der Waals surface area contributed by atoms with Crippen LogP contribution in [0.15, 0.2) is 30.5 Å². The van der Waals surface area contributed by atoms with Gasteiger partial charge in [0.2, 0.25) is 0 Å². The first-order chi connectivity index (χ1) is 8.08. The number of benzene rings is 1. The summed E-state index contributed by atoms with van der Waals surface area (Å²) in [7, 11) is 0. The molecule has 0 aliphatic heterocycles. The first-order valence-electron chi connectivity index (χ1n) is 5.16. The zero-order valence-corrected chi connectivity index (χ0v) is 10.2. The fraction of sp³-hybridized carbons (Fsp3) is 0.154. The van der Waals surface area contributed by atoms with Gasteiger partial charge in [-0.15, -0.1) is 11.3 Å². The van der Waals surface area contributed by atoms with Gasteiger partial charge >= 0.3 is 5.97 Å². The van der Waals surface area contributed by atoms with E-state index in [9.17, 15) is 4.79 Å². The van der Waals surface area contributed by atoms with Crippen LogP contribution in [-0.2, 0) is 0 Å². The van der Waals surface area contributed by atoms with Crippen LogP contribution in [0.4, 0.5) is 0 Å². The maximum absolute atomic E-state index is 10.8. The Morgan fingerprint density at radius 1 is 1.41 bits per heavy atom. The number of hydrogen-bond acceptors (Lipinski definition) is 3. The molecule has 2 rings (SSSR count). The molecule has 0 aliphatic rings. The SMILES string of the molecule is [CH2]C(c1ccc(C)cc1)c1ncc(C(=O)O)s1. The van der Waals surface area contributed by atoms with E-state index in [1.54, 1.807) is 0 Å². The predicted molar refractivity (Wildman–Crippen MR) is 67.5 cm³/mol. The topological polar surface area (TPSA) is 50.2 Å². The number of aromatic nitrogens is 1. The Balaban J connectivity index is 2.27. The molecule has 1 heterocycles. The number of carboxylic acids is 1. The van der Waals surface area contributed by atoms with Gasteiger partial charge in [0.1, 0.15) is 9.88 Å². The van der Waals surface area contributed by atoms with Crippen molar-refractivity contribution in [2.75, 3.05) is 0 Å². The third-order valence-corrected chi connectivity index (χ3v) is 3.61. The van der Waals surface area contributed by atoms with Crippen molar-refractivity contribution in [3.63, 3.8) is 0 Å². The quantitative estimate of drug-likeness (QED) is 0.905. The molecule has 1 unspecified atom stereocenters. The van der Waals surface area contributed by atoms with E-state index < -0.39 is 5.97 Å². The third-order valence-electron chi connectivity index (χ3n) is 2.51. The van der Waals surface area contributed by atoms with E-state index >= 15 is 0 Å². The van der Waals surface area contributed by atoms with Crippen LogP contribution < -0.4 is 0 Å². The van der Waals surface area contributed by atoms with E-state index in [0.717, 1.165) is 10.6 Å². The van der Waals surface area contributed by atoms with Gasteiger partial charge in [0.25, 0.3) is 0 Å². The van der Waals surface area contributed by atoms with E-state index in [2.05, 4.69) is 11.9 Å². The third kappa shape index (κ3) is 2.53. The summed E-state index contributed by atoms with van der Waals surface area (Å²) < 4.78 is 0. The molecule has 3 nitrogen and oxygen atoms in total. The van der Waals surface area contributed by atoms with Crippen molar-refractivity contribution in [3.8, 4) is 0 Å². The second-order valence-electron chi connectivity index (χ2n) is 3.83. The molecule has 4 heteroatoms. The van der Waals surface area contributed by atoms with Crippen molar-refractivity contribution in [2.24, 2.45) is 0 Å². The highest BCUT2D eigenvalue weighted by Crippen LogP contribution is 2.27. The molecule has 0 amide bonds. The number of carboxylic acid groups (broad SMARTS) is 1. The van der Waals surface area contributed by atoms with E-state index in [1.165, 1.54) is 23.1 Å². The highest BCUT2D eigenvalue weighted by Gasteiger charge is 2.15. The Labute approximate surface area is 104 Å². The Kier molecular flexibility index (Phi) is 3.24. The Bertz CT molecular complexity index is 531. The van der Waals surface area contributed by atoms with Crippen molar-refractivity contribution in [3.05, 3.63) is 58.4 Å². The molecule has 0 fully saturated rings. The van der Waals surface area contributed by atoms with E-state index in [-0.39, 0.29) is 10.8 Å². The zero-order chi connectivity index (χ0) is 12.4. The van der Waals surface area contributed by atoms with Gasteiger partial charge in [0, 0.05) is 5.92 Å². The number of hydrogen-bond donors (Lipinski definition) is 1. The van der Waals surface area contributed by atoms with Crippen LogP contribution >= 0.6 is 11.3 Å². The Hall–Kier alpha value is -1.68. The van der Waals surface area contributed by atoms with Gasteiger partial charge in [-0.1, -0.05) is 29.8 Å². The van der Waals surface area contributed by atoms with E-state index in [1.807, 2.05) is 31.2 Å². The first-order valence-corrected chi connectivity index (χ1v) is 5.98. The first kappa shape index (κ1) is 11.8. The average molecular weight is 246 g/mol. The largest absolute Gasteiger partial charge is 0.477 e. The number of aryl methyl sites for hydroxylation is 1. The van der Waals surface area contributed by atoms with Crippen LogP contribution in [0, 0.1) is 13.8 Å². The number of rotatable bonds is 3. The molecule has 1 aromatic heterocycles. The van der Waals surface area contributed by atoms with Crippen LogP contribution in [0.1, 0.15) is 31.7 Å². The lowest BCUT2D eigenvalue weighted by Gasteiger charge is -2.08. The summed E-state index contributed by atoms with van der Waals surface area (Å²) in [6.07, 6.45) is 1.38. The minimum absolute atomic E-state index is 0.117. The maximum atomic E-state index is 10.8. The van der Waals surface area contributed by atoms with Gasteiger partial charge in [-0.25, -0.2) is 9.78 Å². The van der Waals surface area contributed by atoms with Gasteiger partial charge in [-0.2, -0.15) is 0 Å². The predicted octanol–water partition coefficient (Wildman–Crippen LogP) is 3.12. The molecule has 1 aromatic carbocycles. The smallest absolute Gasteiger partial charge is 0.347 e. The summed E-state index contributed by atoms with van der Waals surface area (Å²) in [5.41, 5.74) is 2.23. The fourth-order valence-corrected chi connectivity index (χ4v) is 2.29. The van der Waals surface area contributed by atoms with Crippen molar-refractivity contribution in [2.45, 2.75) is 12.8 Å². The summed E-state index contributed by atoms with van der Waals surface area (Å²) in [4.78, 5) is 15.1. The van der Waals surface area contributed by atoms with Gasteiger partial charge in [-0.05, 0) is 19.4 Å². The lowest BCUT2D eigenvalue weighted by Crippen LogP contribution is -1.95. The van der Waals surface area contributed by atoms with Gasteiger partial charge in [0.15, 0.2) is 0 Å². The van der Waals surface area contributed by atoms with E-state index in [0.29, 0.717) is 0 Å². The van der Waals surface area contributed by atoms with Crippen molar-refractivity contribution >= 4 is 17.3 Å². The molecule has 2 aromatic rings. The van der Waals surface area contributed by atoms with E-state index in [4.69, 9.17) is 5.11 Å². The highest BCUT2D eigenvalue weighted by molar-refractivity contribution is 7.13. The molecule has 0 bridgehead atoms. The normalized spacial score (nSPS) is 12.4. The lowest BCUT2D eigenvalue weighted by atomic mass is 10.0. The summed E-state index contributed by atoms with van der Waals surface area (Å²) in [6, 6.07) is 8.02. The molecule has 0 spiro atoms. The fourth-order valence-electron chi connectivity index (χ4n) is 1.49. The van der Waals surface area contributed by atoms with Crippen LogP contribution in [0.3, 0.4) is 0 Å². The molecular weight excluding hydrogens is 234 g/mol. The molecule has 1 N–H and O–H groups in total. The number of thiazole rings is 1. The molecule has 0 saturated carbocycles. The minimum atomic E-state index is -0.940. The van der Waals surface area contributed by atoms with Crippen LogP contribution in [0.25, 0.3) is 0 Å². The minimum Gasteiger partial charge on any atom is -0.477 e. The molecule has 1 atom stereocenters. The van der Waals surface area contributed by atoms with Gasteiger partial charge in [0.05, 0.1) is 6.20 Å². The van der Waals surface area contributed by atoms with Crippen LogP contribution in [0.5, 0.6) is 0 Å². The lowest BCUT2D eigenvalue weighted by molar-refractivity contribution is 0.0702. The molecule has 0 saturated heterocycles. The van der Waals surface area contributed by atoms with Crippen molar-refractivity contribution in [1.82, 2.24) is 4.98 Å².